The molecule has 2 heterocycles. The molecule has 27 heavy (non-hydrogen) atoms. The second-order valence-electron chi connectivity index (χ2n) is 5.68. The van der Waals surface area contributed by atoms with Gasteiger partial charge in [-0.3, -0.25) is 18.7 Å². The Morgan fingerprint density at radius 3 is 2.78 bits per heavy atom. The number of aryl methyl sites for hydroxylation is 1. The number of hydrogen-bond donors (Lipinski definition) is 1. The van der Waals surface area contributed by atoms with Crippen molar-refractivity contribution >= 4 is 34.9 Å². The molecule has 11 heteroatoms. The molecule has 1 N–H and O–H groups in total. The van der Waals surface area contributed by atoms with Gasteiger partial charge in [-0.2, -0.15) is 5.10 Å². The van der Waals surface area contributed by atoms with Crippen LogP contribution in [0.25, 0.3) is 11.2 Å². The highest BCUT2D eigenvalue weighted by molar-refractivity contribution is 6.33. The Labute approximate surface area is 156 Å². The van der Waals surface area contributed by atoms with Gasteiger partial charge in [-0.1, -0.05) is 17.7 Å². The Morgan fingerprint density at radius 2 is 2.07 bits per heavy atom. The lowest BCUT2D eigenvalue weighted by molar-refractivity contribution is -0.121. The number of carbonyl (C=O) groups excluding carboxylic acids is 1. The topological polar surface area (TPSA) is 103 Å². The third-order valence-electron chi connectivity index (χ3n) is 3.91. The van der Waals surface area contributed by atoms with Crippen LogP contribution in [0.4, 0.5) is 4.39 Å². The van der Waals surface area contributed by atoms with Gasteiger partial charge in [-0.15, -0.1) is 0 Å². The molecular weight excluding hydrogens is 379 g/mol. The first-order chi connectivity index (χ1) is 12.8. The van der Waals surface area contributed by atoms with Crippen molar-refractivity contribution in [3.63, 3.8) is 0 Å². The molecule has 0 aliphatic heterocycles. The summed E-state index contributed by atoms with van der Waals surface area (Å²) in [6, 6.07) is 4.16. The maximum absolute atomic E-state index is 13.6. The van der Waals surface area contributed by atoms with Crippen LogP contribution in [0.3, 0.4) is 0 Å². The molecular formula is C16H14ClFN6O3. The molecule has 1 aromatic carbocycles. The standard InChI is InChI=1S/C16H14ClFN6O3/c1-22-14-13(15(26)23(2)16(22)27)24(8-19-14)7-12(25)21-20-6-9-10(17)4-3-5-11(9)18/h3-6,8H,7H2,1-2H3,(H,21,25)/b20-6+. The van der Waals surface area contributed by atoms with Crippen molar-refractivity contribution in [2.75, 3.05) is 0 Å². The second-order valence-corrected chi connectivity index (χ2v) is 6.09. The van der Waals surface area contributed by atoms with E-state index in [0.29, 0.717) is 0 Å². The number of nitrogens with zero attached hydrogens (tertiary/aromatic N) is 5. The quantitative estimate of drug-likeness (QED) is 0.512. The minimum absolute atomic E-state index is 0.0383. The predicted molar refractivity (Wildman–Crippen MR) is 97.4 cm³/mol. The number of hydrogen-bond acceptors (Lipinski definition) is 5. The van der Waals surface area contributed by atoms with E-state index in [4.69, 9.17) is 11.6 Å². The first-order valence-corrected chi connectivity index (χ1v) is 8.06. The van der Waals surface area contributed by atoms with Gasteiger partial charge < -0.3 is 4.57 Å². The van der Waals surface area contributed by atoms with Crippen molar-refractivity contribution in [2.45, 2.75) is 6.54 Å². The summed E-state index contributed by atoms with van der Waals surface area (Å²) < 4.78 is 17.1. The van der Waals surface area contributed by atoms with Crippen LogP contribution in [-0.2, 0) is 25.4 Å². The number of benzene rings is 1. The van der Waals surface area contributed by atoms with Crippen LogP contribution in [0, 0.1) is 5.82 Å². The van der Waals surface area contributed by atoms with Gasteiger partial charge in [0.05, 0.1) is 17.6 Å². The maximum atomic E-state index is 13.6. The zero-order valence-electron chi connectivity index (χ0n) is 14.3. The average Bonchev–Trinajstić information content (AvgIpc) is 3.04. The molecule has 0 aliphatic rings. The van der Waals surface area contributed by atoms with Gasteiger partial charge in [-0.05, 0) is 12.1 Å². The van der Waals surface area contributed by atoms with Gasteiger partial charge in [0.2, 0.25) is 0 Å². The highest BCUT2D eigenvalue weighted by Gasteiger charge is 2.15. The molecule has 140 valence electrons. The molecule has 0 bridgehead atoms. The molecule has 0 fully saturated rings. The largest absolute Gasteiger partial charge is 0.332 e. The summed E-state index contributed by atoms with van der Waals surface area (Å²) in [5, 5.41) is 3.83. The maximum Gasteiger partial charge on any atom is 0.332 e. The summed E-state index contributed by atoms with van der Waals surface area (Å²) in [4.78, 5) is 40.3. The van der Waals surface area contributed by atoms with Gasteiger partial charge in [0.15, 0.2) is 11.2 Å². The number of hydrazone groups is 1. The summed E-state index contributed by atoms with van der Waals surface area (Å²) in [5.41, 5.74) is 1.45. The Kier molecular flexibility index (Phi) is 4.91. The number of fused-ring (bicyclic) bond motifs is 1. The summed E-state index contributed by atoms with van der Waals surface area (Å²) in [7, 11) is 2.81. The van der Waals surface area contributed by atoms with Gasteiger partial charge >= 0.3 is 5.69 Å². The normalized spacial score (nSPS) is 11.4. The first kappa shape index (κ1) is 18.5. The molecule has 0 atom stereocenters. The number of halogens is 2. The van der Waals surface area contributed by atoms with Crippen molar-refractivity contribution < 1.29 is 9.18 Å². The zero-order chi connectivity index (χ0) is 19.7. The SMILES string of the molecule is Cn1c(=O)c2c(ncn2CC(=O)N/N=C/c2c(F)cccc2Cl)n(C)c1=O. The molecule has 3 aromatic rings. The molecule has 0 aliphatic carbocycles. The smallest absolute Gasteiger partial charge is 0.315 e. The fraction of sp³-hybridized carbons (Fsp3) is 0.188. The van der Waals surface area contributed by atoms with E-state index in [2.05, 4.69) is 15.5 Å². The Bertz CT molecular complexity index is 1170. The van der Waals surface area contributed by atoms with E-state index < -0.39 is 23.0 Å². The van der Waals surface area contributed by atoms with Crippen molar-refractivity contribution in [1.82, 2.24) is 24.1 Å². The highest BCUT2D eigenvalue weighted by Crippen LogP contribution is 2.16. The molecule has 0 unspecified atom stereocenters. The van der Waals surface area contributed by atoms with Crippen molar-refractivity contribution in [3.05, 3.63) is 61.8 Å². The van der Waals surface area contributed by atoms with Crippen LogP contribution in [0.1, 0.15) is 5.56 Å². The van der Waals surface area contributed by atoms with E-state index in [1.165, 1.54) is 47.8 Å². The molecule has 2 aromatic heterocycles. The zero-order valence-corrected chi connectivity index (χ0v) is 15.1. The monoisotopic (exact) mass is 392 g/mol. The van der Waals surface area contributed by atoms with E-state index in [-0.39, 0.29) is 28.3 Å². The highest BCUT2D eigenvalue weighted by atomic mass is 35.5. The van der Waals surface area contributed by atoms with Crippen LogP contribution >= 0.6 is 11.6 Å². The van der Waals surface area contributed by atoms with E-state index in [0.717, 1.165) is 10.8 Å². The molecule has 0 spiro atoms. The molecule has 3 rings (SSSR count). The fourth-order valence-electron chi connectivity index (χ4n) is 2.51. The number of aromatic nitrogens is 4. The van der Waals surface area contributed by atoms with E-state index in [1.54, 1.807) is 0 Å². The van der Waals surface area contributed by atoms with Crippen LogP contribution in [-0.4, -0.2) is 30.8 Å². The minimum Gasteiger partial charge on any atom is -0.315 e. The molecule has 0 saturated heterocycles. The predicted octanol–water partition coefficient (Wildman–Crippen LogP) is 0.377. The lowest BCUT2D eigenvalue weighted by atomic mass is 10.2. The summed E-state index contributed by atoms with van der Waals surface area (Å²) in [6.07, 6.45) is 2.37. The summed E-state index contributed by atoms with van der Waals surface area (Å²) in [5.74, 6) is -1.15. The Hall–Kier alpha value is -3.27. The third kappa shape index (κ3) is 3.38. The average molecular weight is 393 g/mol. The van der Waals surface area contributed by atoms with Gasteiger partial charge in [0.1, 0.15) is 12.4 Å². The van der Waals surface area contributed by atoms with Gasteiger partial charge in [0.25, 0.3) is 11.5 Å². The third-order valence-corrected chi connectivity index (χ3v) is 4.24. The Balaban J connectivity index is 1.82. The minimum atomic E-state index is -0.578. The molecule has 0 saturated carbocycles. The van der Waals surface area contributed by atoms with Crippen LogP contribution in [0.15, 0.2) is 39.2 Å². The fourth-order valence-corrected chi connectivity index (χ4v) is 2.72. The second kappa shape index (κ2) is 7.16. The van der Waals surface area contributed by atoms with Gasteiger partial charge in [0, 0.05) is 19.7 Å². The van der Waals surface area contributed by atoms with Crippen LogP contribution < -0.4 is 16.7 Å². The number of rotatable bonds is 4. The lowest BCUT2D eigenvalue weighted by Gasteiger charge is -2.06. The Morgan fingerprint density at radius 1 is 1.33 bits per heavy atom. The number of amides is 1. The molecule has 9 nitrogen and oxygen atoms in total. The summed E-state index contributed by atoms with van der Waals surface area (Å²) in [6.45, 7) is -0.272. The van der Waals surface area contributed by atoms with Crippen LogP contribution in [0.5, 0.6) is 0 Å². The van der Waals surface area contributed by atoms with Crippen molar-refractivity contribution in [3.8, 4) is 0 Å². The van der Waals surface area contributed by atoms with E-state index in [9.17, 15) is 18.8 Å². The van der Waals surface area contributed by atoms with Crippen LogP contribution in [0.2, 0.25) is 5.02 Å². The van der Waals surface area contributed by atoms with E-state index >= 15 is 0 Å². The molecule has 0 radical (unpaired) electrons. The lowest BCUT2D eigenvalue weighted by Crippen LogP contribution is -2.38. The number of carbonyl (C=O) groups is 1. The summed E-state index contributed by atoms with van der Waals surface area (Å²) >= 11 is 5.86. The van der Waals surface area contributed by atoms with Gasteiger partial charge in [-0.25, -0.2) is 19.6 Å². The van der Waals surface area contributed by atoms with Crippen molar-refractivity contribution in [2.24, 2.45) is 19.2 Å². The first-order valence-electron chi connectivity index (χ1n) is 7.68. The number of nitrogens with one attached hydrogen (secondary N) is 1. The number of imidazole rings is 1. The van der Waals surface area contributed by atoms with Crippen molar-refractivity contribution in [1.29, 1.82) is 0 Å². The molecule has 1 amide bonds. The van der Waals surface area contributed by atoms with E-state index in [1.807, 2.05) is 0 Å².